The first-order valence-corrected chi connectivity index (χ1v) is 11.1. The molecule has 2 fully saturated rings. The Morgan fingerprint density at radius 3 is 2.73 bits per heavy atom. The van der Waals surface area contributed by atoms with Crippen molar-refractivity contribution in [2.75, 3.05) is 50.2 Å². The van der Waals surface area contributed by atoms with Crippen LogP contribution in [0.2, 0.25) is 0 Å². The number of carbonyl (C=O) groups is 1. The molecule has 11 heteroatoms. The van der Waals surface area contributed by atoms with E-state index in [0.29, 0.717) is 72.8 Å². The molecular formula is C22H25N7O4. The van der Waals surface area contributed by atoms with Crippen molar-refractivity contribution in [3.05, 3.63) is 18.2 Å². The van der Waals surface area contributed by atoms with Crippen LogP contribution in [0.3, 0.4) is 0 Å². The van der Waals surface area contributed by atoms with Crippen LogP contribution in [0.4, 0.5) is 11.8 Å². The minimum Gasteiger partial charge on any atom is -0.454 e. The van der Waals surface area contributed by atoms with Crippen LogP contribution < -0.4 is 20.1 Å². The number of piperazine rings is 1. The Labute approximate surface area is 190 Å². The minimum atomic E-state index is -0.293. The predicted molar refractivity (Wildman–Crippen MR) is 120 cm³/mol. The summed E-state index contributed by atoms with van der Waals surface area (Å²) >= 11 is 0. The predicted octanol–water partition coefficient (Wildman–Crippen LogP) is 1.17. The van der Waals surface area contributed by atoms with E-state index in [1.54, 1.807) is 11.7 Å². The molecule has 6 rings (SSSR count). The van der Waals surface area contributed by atoms with Crippen molar-refractivity contribution in [3.8, 4) is 22.8 Å². The number of benzene rings is 1. The van der Waals surface area contributed by atoms with E-state index in [-0.39, 0.29) is 18.8 Å². The zero-order valence-corrected chi connectivity index (χ0v) is 18.4. The molecule has 0 saturated carbocycles. The van der Waals surface area contributed by atoms with Gasteiger partial charge in [0.05, 0.1) is 11.1 Å². The molecule has 1 aromatic carbocycles. The van der Waals surface area contributed by atoms with Gasteiger partial charge in [-0.2, -0.15) is 10.1 Å². The van der Waals surface area contributed by atoms with Gasteiger partial charge in [-0.15, -0.1) is 0 Å². The van der Waals surface area contributed by atoms with E-state index in [0.717, 1.165) is 18.4 Å². The topological polar surface area (TPSA) is 121 Å². The van der Waals surface area contributed by atoms with Gasteiger partial charge in [0.15, 0.2) is 17.1 Å². The number of nitrogen functional groups attached to an aromatic ring is 1. The minimum absolute atomic E-state index is 0.0852. The van der Waals surface area contributed by atoms with E-state index in [9.17, 15) is 4.79 Å². The summed E-state index contributed by atoms with van der Waals surface area (Å²) in [5, 5.41) is 5.20. The Morgan fingerprint density at radius 2 is 1.94 bits per heavy atom. The highest BCUT2D eigenvalue weighted by Crippen LogP contribution is 2.38. The van der Waals surface area contributed by atoms with E-state index < -0.39 is 0 Å². The molecule has 0 radical (unpaired) electrons. The second-order valence-corrected chi connectivity index (χ2v) is 8.46. The van der Waals surface area contributed by atoms with E-state index in [1.807, 2.05) is 23.1 Å². The third-order valence-corrected chi connectivity index (χ3v) is 6.45. The molecule has 172 valence electrons. The fraction of sp³-hybridized carbons (Fsp3) is 0.455. The molecule has 3 aliphatic rings. The van der Waals surface area contributed by atoms with Crippen LogP contribution in [0.15, 0.2) is 18.2 Å². The van der Waals surface area contributed by atoms with Gasteiger partial charge in [0.1, 0.15) is 11.9 Å². The molecule has 0 spiro atoms. The summed E-state index contributed by atoms with van der Waals surface area (Å²) in [6.07, 6.45) is 1.46. The maximum atomic E-state index is 12.7. The summed E-state index contributed by atoms with van der Waals surface area (Å²) in [6.45, 7) is 3.33. The molecule has 3 aromatic rings. The van der Waals surface area contributed by atoms with Gasteiger partial charge in [-0.05, 0) is 31.0 Å². The molecule has 1 unspecified atom stereocenters. The van der Waals surface area contributed by atoms with Crippen molar-refractivity contribution in [3.63, 3.8) is 0 Å². The lowest BCUT2D eigenvalue weighted by molar-refractivity contribution is -0.141. The van der Waals surface area contributed by atoms with Crippen molar-refractivity contribution < 1.29 is 19.0 Å². The largest absolute Gasteiger partial charge is 0.454 e. The maximum Gasteiger partial charge on any atom is 0.251 e. The molecule has 2 N–H and O–H groups in total. The molecular weight excluding hydrogens is 426 g/mol. The van der Waals surface area contributed by atoms with Crippen LogP contribution in [0.5, 0.6) is 11.5 Å². The molecule has 1 atom stereocenters. The molecule has 5 heterocycles. The van der Waals surface area contributed by atoms with Gasteiger partial charge in [-0.1, -0.05) is 0 Å². The van der Waals surface area contributed by atoms with Crippen LogP contribution in [0.1, 0.15) is 12.8 Å². The quantitative estimate of drug-likeness (QED) is 0.625. The van der Waals surface area contributed by atoms with Gasteiger partial charge >= 0.3 is 0 Å². The fourth-order valence-electron chi connectivity index (χ4n) is 4.60. The SMILES string of the molecule is Cn1nc2nc(N3CCN(C(=O)C4CCCO4)CC3)nc(-c3ccc4c(c3)OCO4)c2c1N. The molecule has 2 saturated heterocycles. The summed E-state index contributed by atoms with van der Waals surface area (Å²) < 4.78 is 18.2. The van der Waals surface area contributed by atoms with Gasteiger partial charge in [0, 0.05) is 45.4 Å². The molecule has 0 aliphatic carbocycles. The average Bonchev–Trinajstić information content (AvgIpc) is 3.59. The lowest BCUT2D eigenvalue weighted by Gasteiger charge is -2.35. The summed E-state index contributed by atoms with van der Waals surface area (Å²) in [4.78, 5) is 26.3. The van der Waals surface area contributed by atoms with Gasteiger partial charge in [-0.25, -0.2) is 4.98 Å². The van der Waals surface area contributed by atoms with Crippen molar-refractivity contribution in [1.29, 1.82) is 0 Å². The van der Waals surface area contributed by atoms with Crippen LogP contribution in [-0.2, 0) is 16.6 Å². The highest BCUT2D eigenvalue weighted by molar-refractivity contribution is 5.99. The Morgan fingerprint density at radius 1 is 1.12 bits per heavy atom. The maximum absolute atomic E-state index is 12.7. The van der Waals surface area contributed by atoms with Crippen molar-refractivity contribution in [2.24, 2.45) is 7.05 Å². The molecule has 2 aromatic heterocycles. The zero-order chi connectivity index (χ0) is 22.5. The lowest BCUT2D eigenvalue weighted by Crippen LogP contribution is -2.51. The summed E-state index contributed by atoms with van der Waals surface area (Å²) in [7, 11) is 1.79. The number of ether oxygens (including phenoxy) is 3. The number of aryl methyl sites for hydroxylation is 1. The van der Waals surface area contributed by atoms with Crippen molar-refractivity contribution in [1.82, 2.24) is 24.6 Å². The van der Waals surface area contributed by atoms with E-state index in [2.05, 4.69) is 10.00 Å². The van der Waals surface area contributed by atoms with Crippen LogP contribution in [0, 0.1) is 0 Å². The molecule has 11 nitrogen and oxygen atoms in total. The van der Waals surface area contributed by atoms with Gasteiger partial charge in [0.2, 0.25) is 12.7 Å². The lowest BCUT2D eigenvalue weighted by atomic mass is 10.1. The number of amides is 1. The number of anilines is 2. The van der Waals surface area contributed by atoms with Crippen LogP contribution >= 0.6 is 0 Å². The Hall–Kier alpha value is -3.60. The highest BCUT2D eigenvalue weighted by atomic mass is 16.7. The Bertz CT molecular complexity index is 1230. The first-order chi connectivity index (χ1) is 16.1. The first kappa shape index (κ1) is 20.0. The van der Waals surface area contributed by atoms with Crippen molar-refractivity contribution in [2.45, 2.75) is 18.9 Å². The van der Waals surface area contributed by atoms with Crippen LogP contribution in [-0.4, -0.2) is 76.2 Å². The number of rotatable bonds is 3. The molecule has 0 bridgehead atoms. The number of hydrogen-bond acceptors (Lipinski definition) is 9. The smallest absolute Gasteiger partial charge is 0.251 e. The third-order valence-electron chi connectivity index (χ3n) is 6.45. The number of aromatic nitrogens is 4. The second kappa shape index (κ2) is 7.77. The Balaban J connectivity index is 1.32. The van der Waals surface area contributed by atoms with E-state index >= 15 is 0 Å². The van der Waals surface area contributed by atoms with E-state index in [1.165, 1.54) is 0 Å². The molecule has 3 aliphatic heterocycles. The summed E-state index contributed by atoms with van der Waals surface area (Å²) in [6, 6.07) is 5.70. The zero-order valence-electron chi connectivity index (χ0n) is 18.4. The van der Waals surface area contributed by atoms with Gasteiger partial charge in [0.25, 0.3) is 5.91 Å². The van der Waals surface area contributed by atoms with Crippen molar-refractivity contribution >= 4 is 28.7 Å². The first-order valence-electron chi connectivity index (χ1n) is 11.1. The van der Waals surface area contributed by atoms with Gasteiger partial charge in [-0.3, -0.25) is 9.48 Å². The van der Waals surface area contributed by atoms with Gasteiger partial charge < -0.3 is 29.7 Å². The highest BCUT2D eigenvalue weighted by Gasteiger charge is 2.31. The second-order valence-electron chi connectivity index (χ2n) is 8.46. The normalized spacial score (nSPS) is 20.1. The summed E-state index contributed by atoms with van der Waals surface area (Å²) in [5.74, 6) is 2.52. The number of nitrogens with two attached hydrogens (primary N) is 1. The van der Waals surface area contributed by atoms with E-state index in [4.69, 9.17) is 29.9 Å². The van der Waals surface area contributed by atoms with Crippen LogP contribution in [0.25, 0.3) is 22.3 Å². The number of hydrogen-bond donors (Lipinski definition) is 1. The standard InChI is InChI=1S/C22H25N7O4/c1-27-19(23)17-18(13-4-5-14-16(11-13)33-12-32-14)24-22(25-20(17)26-27)29-8-6-28(7-9-29)21(30)15-3-2-10-31-15/h4-5,11,15H,2-3,6-10,12,23H2,1H3. The number of carbonyl (C=O) groups excluding carboxylic acids is 1. The third kappa shape index (κ3) is 3.39. The summed E-state index contributed by atoms with van der Waals surface area (Å²) in [5.41, 5.74) is 8.40. The molecule has 33 heavy (non-hydrogen) atoms. The number of nitrogens with zero attached hydrogens (tertiary/aromatic N) is 6. The number of fused-ring (bicyclic) bond motifs is 2. The monoisotopic (exact) mass is 451 g/mol. The average molecular weight is 451 g/mol. The Kier molecular flexibility index (Phi) is 4.72. The fourth-order valence-corrected chi connectivity index (χ4v) is 4.60. The molecule has 1 amide bonds.